The van der Waals surface area contributed by atoms with Crippen molar-refractivity contribution in [2.45, 2.75) is 25.8 Å². The van der Waals surface area contributed by atoms with Gasteiger partial charge in [0, 0.05) is 12.5 Å². The van der Waals surface area contributed by atoms with Gasteiger partial charge in [-0.3, -0.25) is 10.1 Å². The lowest BCUT2D eigenvalue weighted by atomic mass is 9.97. The summed E-state index contributed by atoms with van der Waals surface area (Å²) in [6.45, 7) is 2.77. The van der Waals surface area contributed by atoms with E-state index in [1.54, 1.807) is 0 Å². The fourth-order valence-electron chi connectivity index (χ4n) is 2.09. The van der Waals surface area contributed by atoms with Crippen molar-refractivity contribution in [3.8, 4) is 0 Å². The maximum absolute atomic E-state index is 13.0. The Kier molecular flexibility index (Phi) is 5.04. The van der Waals surface area contributed by atoms with Crippen molar-refractivity contribution in [3.63, 3.8) is 0 Å². The average Bonchev–Trinajstić information content (AvgIpc) is 2.84. The third-order valence-electron chi connectivity index (χ3n) is 3.16. The number of carbonyl (C=O) groups is 1. The smallest absolute Gasteiger partial charge is 0.408 e. The van der Waals surface area contributed by atoms with E-state index in [0.717, 1.165) is 6.07 Å². The highest BCUT2D eigenvalue weighted by Crippen LogP contribution is 2.35. The van der Waals surface area contributed by atoms with E-state index >= 15 is 0 Å². The minimum atomic E-state index is -4.71. The van der Waals surface area contributed by atoms with E-state index in [9.17, 15) is 22.2 Å². The van der Waals surface area contributed by atoms with Gasteiger partial charge in [0.15, 0.2) is 11.1 Å². The minimum Gasteiger partial charge on any atom is -0.408 e. The summed E-state index contributed by atoms with van der Waals surface area (Å²) >= 11 is -2.50. The molecule has 1 heterocycles. The van der Waals surface area contributed by atoms with Gasteiger partial charge in [-0.2, -0.15) is 13.2 Å². The number of nitrogens with one attached hydrogen (secondary N) is 1. The number of aryl methyl sites for hydroxylation is 1. The number of amides is 1. The molecule has 1 unspecified atom stereocenters. The van der Waals surface area contributed by atoms with Gasteiger partial charge in [-0.05, 0) is 30.2 Å². The average molecular weight is 363 g/mol. The topological polar surface area (TPSA) is 105 Å². The first-order chi connectivity index (χ1) is 11.1. The summed E-state index contributed by atoms with van der Waals surface area (Å²) in [5, 5.41) is 9.32. The van der Waals surface area contributed by atoms with Crippen LogP contribution in [0.5, 0.6) is 0 Å². The molecule has 0 aliphatic carbocycles. The standard InChI is InChI=1S/C13H12F3N3O4S/c1-6-8(11(20)17-12-19-18-7(2)23-12)3-4-10(13(14,15)16)9(6)5-24(21)22/h3-4H,5H2,1-2H3,(H,21,22)(H,17,19,20). The number of halogens is 3. The van der Waals surface area contributed by atoms with Crippen molar-refractivity contribution < 1.29 is 31.1 Å². The van der Waals surface area contributed by atoms with Crippen LogP contribution in [0.2, 0.25) is 0 Å². The number of hydrogen-bond donors (Lipinski definition) is 2. The Hall–Kier alpha value is -2.27. The first-order valence-electron chi connectivity index (χ1n) is 6.48. The Balaban J connectivity index is 2.44. The molecular formula is C13H12F3N3O4S. The molecule has 0 aliphatic rings. The molecule has 0 bridgehead atoms. The van der Waals surface area contributed by atoms with Gasteiger partial charge in [-0.25, -0.2) is 4.21 Å². The largest absolute Gasteiger partial charge is 0.416 e. The molecular weight excluding hydrogens is 351 g/mol. The van der Waals surface area contributed by atoms with Gasteiger partial charge in [0.2, 0.25) is 5.89 Å². The Labute approximate surface area is 136 Å². The summed E-state index contributed by atoms with van der Waals surface area (Å²) in [7, 11) is 0. The van der Waals surface area contributed by atoms with Crippen LogP contribution < -0.4 is 5.32 Å². The van der Waals surface area contributed by atoms with Crippen molar-refractivity contribution in [2.75, 3.05) is 5.32 Å². The lowest BCUT2D eigenvalue weighted by Crippen LogP contribution is -2.18. The number of nitrogens with zero attached hydrogens (tertiary/aromatic N) is 2. The van der Waals surface area contributed by atoms with Crippen molar-refractivity contribution in [3.05, 3.63) is 40.3 Å². The zero-order valence-electron chi connectivity index (χ0n) is 12.5. The van der Waals surface area contributed by atoms with Gasteiger partial charge in [0.05, 0.1) is 11.3 Å². The normalized spacial score (nSPS) is 12.9. The molecule has 2 rings (SSSR count). The second kappa shape index (κ2) is 6.69. The van der Waals surface area contributed by atoms with E-state index in [4.69, 9.17) is 8.97 Å². The van der Waals surface area contributed by atoms with E-state index in [0.29, 0.717) is 6.07 Å². The van der Waals surface area contributed by atoms with Gasteiger partial charge in [0.25, 0.3) is 5.91 Å². The van der Waals surface area contributed by atoms with Crippen molar-refractivity contribution in [2.24, 2.45) is 0 Å². The van der Waals surface area contributed by atoms with Crippen molar-refractivity contribution in [1.29, 1.82) is 0 Å². The summed E-state index contributed by atoms with van der Waals surface area (Å²) in [4.78, 5) is 12.2. The lowest BCUT2D eigenvalue weighted by Gasteiger charge is -2.16. The number of rotatable bonds is 4. The molecule has 0 saturated heterocycles. The Morgan fingerprint density at radius 1 is 1.33 bits per heavy atom. The Bertz CT molecular complexity index is 804. The molecule has 1 aromatic carbocycles. The quantitative estimate of drug-likeness (QED) is 0.809. The summed E-state index contributed by atoms with van der Waals surface area (Å²) in [6.07, 6.45) is -4.71. The molecule has 0 fully saturated rings. The highest BCUT2D eigenvalue weighted by atomic mass is 32.2. The number of carbonyl (C=O) groups excluding carboxylic acids is 1. The third-order valence-corrected chi connectivity index (χ3v) is 3.70. The van der Waals surface area contributed by atoms with Gasteiger partial charge in [-0.1, -0.05) is 5.10 Å². The van der Waals surface area contributed by atoms with E-state index in [2.05, 4.69) is 15.5 Å². The zero-order valence-corrected chi connectivity index (χ0v) is 13.3. The molecule has 11 heteroatoms. The van der Waals surface area contributed by atoms with Gasteiger partial charge in [-0.15, -0.1) is 5.10 Å². The number of aromatic nitrogens is 2. The van der Waals surface area contributed by atoms with Crippen LogP contribution in [-0.4, -0.2) is 24.9 Å². The molecule has 1 atom stereocenters. The number of hydrogen-bond acceptors (Lipinski definition) is 5. The Morgan fingerprint density at radius 3 is 2.50 bits per heavy atom. The van der Waals surface area contributed by atoms with Crippen LogP contribution in [0.3, 0.4) is 0 Å². The number of alkyl halides is 3. The highest BCUT2D eigenvalue weighted by Gasteiger charge is 2.35. The van der Waals surface area contributed by atoms with Crippen LogP contribution >= 0.6 is 0 Å². The first kappa shape index (κ1) is 18.1. The van der Waals surface area contributed by atoms with E-state index in [1.807, 2.05) is 0 Å². The van der Waals surface area contributed by atoms with Crippen LogP contribution in [0.15, 0.2) is 16.5 Å². The van der Waals surface area contributed by atoms with Crippen molar-refractivity contribution in [1.82, 2.24) is 10.2 Å². The monoisotopic (exact) mass is 363 g/mol. The van der Waals surface area contributed by atoms with Gasteiger partial charge in [0.1, 0.15) is 0 Å². The van der Waals surface area contributed by atoms with E-state index in [1.165, 1.54) is 13.8 Å². The molecule has 0 aliphatic heterocycles. The lowest BCUT2D eigenvalue weighted by molar-refractivity contribution is -0.138. The predicted molar refractivity (Wildman–Crippen MR) is 77.6 cm³/mol. The SMILES string of the molecule is Cc1nnc(NC(=O)c2ccc(C(F)(F)F)c(CS(=O)O)c2C)o1. The maximum atomic E-state index is 13.0. The number of anilines is 1. The first-order valence-corrected chi connectivity index (χ1v) is 7.75. The molecule has 7 nitrogen and oxygen atoms in total. The second-order valence-corrected chi connectivity index (χ2v) is 5.74. The predicted octanol–water partition coefficient (Wildman–Crippen LogP) is 2.68. The summed E-state index contributed by atoms with van der Waals surface area (Å²) in [5.74, 6) is -1.32. The number of benzene rings is 1. The van der Waals surface area contributed by atoms with Crippen molar-refractivity contribution >= 4 is 23.0 Å². The minimum absolute atomic E-state index is 0.0547. The molecule has 0 spiro atoms. The molecule has 130 valence electrons. The summed E-state index contributed by atoms with van der Waals surface area (Å²) in [6, 6.07) is 1.48. The third kappa shape index (κ3) is 3.97. The highest BCUT2D eigenvalue weighted by molar-refractivity contribution is 7.78. The van der Waals surface area contributed by atoms with Crippen LogP contribution in [0, 0.1) is 13.8 Å². The van der Waals surface area contributed by atoms with Gasteiger partial charge >= 0.3 is 12.2 Å². The molecule has 2 N–H and O–H groups in total. The zero-order chi connectivity index (χ0) is 18.1. The van der Waals surface area contributed by atoms with Gasteiger partial charge < -0.3 is 8.97 Å². The molecule has 0 radical (unpaired) electrons. The molecule has 1 aromatic heterocycles. The fourth-order valence-corrected chi connectivity index (χ4v) is 2.71. The van der Waals surface area contributed by atoms with E-state index < -0.39 is 40.0 Å². The van der Waals surface area contributed by atoms with Crippen LogP contribution in [0.4, 0.5) is 19.2 Å². The van der Waals surface area contributed by atoms with Crippen LogP contribution in [0.1, 0.15) is 32.9 Å². The summed E-state index contributed by atoms with van der Waals surface area (Å²) < 4.78 is 64.0. The Morgan fingerprint density at radius 2 is 2.00 bits per heavy atom. The second-order valence-electron chi connectivity index (χ2n) is 4.81. The molecule has 24 heavy (non-hydrogen) atoms. The van der Waals surface area contributed by atoms with E-state index in [-0.39, 0.29) is 23.0 Å². The fraction of sp³-hybridized carbons (Fsp3) is 0.308. The summed E-state index contributed by atoms with van der Waals surface area (Å²) in [5.41, 5.74) is -1.63. The molecule has 0 saturated carbocycles. The van der Waals surface area contributed by atoms with Crippen LogP contribution in [0.25, 0.3) is 0 Å². The van der Waals surface area contributed by atoms with Crippen LogP contribution in [-0.2, 0) is 23.0 Å². The molecule has 1 amide bonds. The molecule has 2 aromatic rings. The maximum Gasteiger partial charge on any atom is 0.416 e.